The van der Waals surface area contributed by atoms with Gasteiger partial charge in [-0.2, -0.15) is 0 Å². The predicted octanol–water partition coefficient (Wildman–Crippen LogP) is 0.406. The van der Waals surface area contributed by atoms with E-state index in [0.29, 0.717) is 19.8 Å². The van der Waals surface area contributed by atoms with E-state index in [1.54, 1.807) is 0 Å². The monoisotopic (exact) mass is 232 g/mol. The number of likely N-dealkylation sites (N-methyl/N-ethyl adjacent to an activating group) is 1. The lowest BCUT2D eigenvalue weighted by atomic mass is 10.2. The summed E-state index contributed by atoms with van der Waals surface area (Å²) in [6.45, 7) is 8.39. The van der Waals surface area contributed by atoms with Gasteiger partial charge in [0.2, 0.25) is 0 Å². The summed E-state index contributed by atoms with van der Waals surface area (Å²) in [5, 5.41) is 12.0. The van der Waals surface area contributed by atoms with Crippen molar-refractivity contribution in [1.82, 2.24) is 10.2 Å². The molecule has 0 saturated heterocycles. The number of hydrogen-bond donors (Lipinski definition) is 2. The first-order valence-corrected chi connectivity index (χ1v) is 5.72. The maximum Gasteiger partial charge on any atom is 0.322 e. The normalized spacial score (nSPS) is 13.4. The minimum absolute atomic E-state index is 0.168. The maximum atomic E-state index is 11.0. The number of carbonyl (C=O) groups is 1. The Morgan fingerprint density at radius 3 is 2.56 bits per heavy atom. The van der Waals surface area contributed by atoms with Crippen LogP contribution in [-0.2, 0) is 9.53 Å². The van der Waals surface area contributed by atoms with Gasteiger partial charge in [-0.25, -0.2) is 0 Å². The number of nitrogens with one attached hydrogen (secondary N) is 1. The van der Waals surface area contributed by atoms with Gasteiger partial charge >= 0.3 is 5.97 Å². The Labute approximate surface area is 97.8 Å². The van der Waals surface area contributed by atoms with Crippen molar-refractivity contribution in [1.29, 1.82) is 0 Å². The van der Waals surface area contributed by atoms with Crippen LogP contribution in [-0.4, -0.2) is 61.4 Å². The van der Waals surface area contributed by atoms with Crippen LogP contribution >= 0.6 is 0 Å². The summed E-state index contributed by atoms with van der Waals surface area (Å²) < 4.78 is 5.22. The summed E-state index contributed by atoms with van der Waals surface area (Å²) >= 11 is 0. The molecule has 1 unspecified atom stereocenters. The van der Waals surface area contributed by atoms with E-state index < -0.39 is 12.0 Å². The first kappa shape index (κ1) is 15.3. The molecule has 0 aliphatic heterocycles. The van der Waals surface area contributed by atoms with E-state index in [-0.39, 0.29) is 6.04 Å². The molecule has 0 bridgehead atoms. The van der Waals surface area contributed by atoms with Crippen molar-refractivity contribution in [2.45, 2.75) is 32.9 Å². The van der Waals surface area contributed by atoms with E-state index in [1.807, 2.05) is 32.7 Å². The van der Waals surface area contributed by atoms with Crippen LogP contribution in [0.2, 0.25) is 0 Å². The highest BCUT2D eigenvalue weighted by Crippen LogP contribution is 1.93. The predicted molar refractivity (Wildman–Crippen MR) is 63.7 cm³/mol. The largest absolute Gasteiger partial charge is 0.480 e. The number of nitrogens with zero attached hydrogens (tertiary/aromatic N) is 1. The Morgan fingerprint density at radius 2 is 2.12 bits per heavy atom. The zero-order chi connectivity index (χ0) is 12.6. The molecule has 2 N–H and O–H groups in total. The molecule has 0 rings (SSSR count). The van der Waals surface area contributed by atoms with Gasteiger partial charge in [0, 0.05) is 25.7 Å². The van der Waals surface area contributed by atoms with E-state index >= 15 is 0 Å². The Hall–Kier alpha value is -0.650. The number of aliphatic carboxylic acids is 1. The fourth-order valence-corrected chi connectivity index (χ4v) is 1.37. The second-order valence-electron chi connectivity index (χ2n) is 4.17. The SMILES string of the molecule is CCOCCN(C)CC(NC(C)C)C(=O)O. The standard InChI is InChI=1S/C11H24N2O3/c1-5-16-7-6-13(4)8-10(11(14)15)12-9(2)3/h9-10,12H,5-8H2,1-4H3,(H,14,15). The molecule has 16 heavy (non-hydrogen) atoms. The van der Waals surface area contributed by atoms with Gasteiger partial charge in [-0.05, 0) is 14.0 Å². The zero-order valence-corrected chi connectivity index (χ0v) is 10.7. The molecular weight excluding hydrogens is 208 g/mol. The topological polar surface area (TPSA) is 61.8 Å². The molecule has 96 valence electrons. The molecule has 0 heterocycles. The second-order valence-corrected chi connectivity index (χ2v) is 4.17. The highest BCUT2D eigenvalue weighted by Gasteiger charge is 2.19. The lowest BCUT2D eigenvalue weighted by molar-refractivity contribution is -0.140. The highest BCUT2D eigenvalue weighted by molar-refractivity contribution is 5.73. The third-order valence-electron chi connectivity index (χ3n) is 2.15. The summed E-state index contributed by atoms with van der Waals surface area (Å²) in [5.74, 6) is -0.808. The summed E-state index contributed by atoms with van der Waals surface area (Å²) in [5.41, 5.74) is 0. The molecule has 0 aliphatic carbocycles. The van der Waals surface area contributed by atoms with Crippen LogP contribution in [0, 0.1) is 0 Å². The molecular formula is C11H24N2O3. The zero-order valence-electron chi connectivity index (χ0n) is 10.7. The third kappa shape index (κ3) is 7.62. The second kappa shape index (κ2) is 8.50. The van der Waals surface area contributed by atoms with Gasteiger partial charge in [-0.15, -0.1) is 0 Å². The molecule has 0 fully saturated rings. The highest BCUT2D eigenvalue weighted by atomic mass is 16.5. The van der Waals surface area contributed by atoms with Crippen molar-refractivity contribution >= 4 is 5.97 Å². The molecule has 1 atom stereocenters. The summed E-state index contributed by atoms with van der Waals surface area (Å²) in [6.07, 6.45) is 0. The van der Waals surface area contributed by atoms with Crippen LogP contribution < -0.4 is 5.32 Å². The van der Waals surface area contributed by atoms with Gasteiger partial charge < -0.3 is 20.1 Å². The average Bonchev–Trinajstić information content (AvgIpc) is 2.16. The van der Waals surface area contributed by atoms with Crippen molar-refractivity contribution in [3.05, 3.63) is 0 Å². The van der Waals surface area contributed by atoms with Crippen molar-refractivity contribution < 1.29 is 14.6 Å². The van der Waals surface area contributed by atoms with Crippen LogP contribution in [0.5, 0.6) is 0 Å². The number of carboxylic acid groups (broad SMARTS) is 1. The Kier molecular flexibility index (Phi) is 8.15. The van der Waals surface area contributed by atoms with E-state index in [4.69, 9.17) is 9.84 Å². The molecule has 5 heteroatoms. The average molecular weight is 232 g/mol. The van der Waals surface area contributed by atoms with E-state index in [1.165, 1.54) is 0 Å². The van der Waals surface area contributed by atoms with E-state index in [9.17, 15) is 4.79 Å². The molecule has 0 spiro atoms. The van der Waals surface area contributed by atoms with E-state index in [0.717, 1.165) is 6.54 Å². The first-order chi connectivity index (χ1) is 7.47. The van der Waals surface area contributed by atoms with Gasteiger partial charge in [0.15, 0.2) is 0 Å². The quantitative estimate of drug-likeness (QED) is 0.564. The minimum Gasteiger partial charge on any atom is -0.480 e. The molecule has 5 nitrogen and oxygen atoms in total. The summed E-state index contributed by atoms with van der Waals surface area (Å²) in [6, 6.07) is -0.354. The summed E-state index contributed by atoms with van der Waals surface area (Å²) in [4.78, 5) is 12.9. The molecule has 0 aliphatic rings. The van der Waals surface area contributed by atoms with Crippen LogP contribution in [0.4, 0.5) is 0 Å². The van der Waals surface area contributed by atoms with Crippen LogP contribution in [0.15, 0.2) is 0 Å². The van der Waals surface area contributed by atoms with Crippen molar-refractivity contribution in [2.75, 3.05) is 33.4 Å². The van der Waals surface area contributed by atoms with Crippen LogP contribution in [0.1, 0.15) is 20.8 Å². The summed E-state index contributed by atoms with van der Waals surface area (Å²) in [7, 11) is 1.90. The van der Waals surface area contributed by atoms with Crippen LogP contribution in [0.25, 0.3) is 0 Å². The molecule has 0 amide bonds. The van der Waals surface area contributed by atoms with Crippen molar-refractivity contribution in [2.24, 2.45) is 0 Å². The van der Waals surface area contributed by atoms with Crippen molar-refractivity contribution in [3.63, 3.8) is 0 Å². The molecule has 0 aromatic rings. The number of carboxylic acids is 1. The fraction of sp³-hybridized carbons (Fsp3) is 0.909. The number of ether oxygens (including phenoxy) is 1. The smallest absolute Gasteiger partial charge is 0.322 e. The minimum atomic E-state index is -0.808. The van der Waals surface area contributed by atoms with Gasteiger partial charge in [-0.3, -0.25) is 4.79 Å². The first-order valence-electron chi connectivity index (χ1n) is 5.72. The number of rotatable bonds is 9. The molecule has 0 aromatic heterocycles. The van der Waals surface area contributed by atoms with Crippen molar-refractivity contribution in [3.8, 4) is 0 Å². The van der Waals surface area contributed by atoms with Gasteiger partial charge in [0.25, 0.3) is 0 Å². The fourth-order valence-electron chi connectivity index (χ4n) is 1.37. The lowest BCUT2D eigenvalue weighted by Crippen LogP contribution is -2.48. The van der Waals surface area contributed by atoms with Gasteiger partial charge in [0.1, 0.15) is 6.04 Å². The van der Waals surface area contributed by atoms with E-state index in [2.05, 4.69) is 5.32 Å². The molecule has 0 aromatic carbocycles. The van der Waals surface area contributed by atoms with Gasteiger partial charge in [-0.1, -0.05) is 13.8 Å². The third-order valence-corrected chi connectivity index (χ3v) is 2.15. The Morgan fingerprint density at radius 1 is 1.50 bits per heavy atom. The Bertz CT molecular complexity index is 198. The molecule has 0 radical (unpaired) electrons. The lowest BCUT2D eigenvalue weighted by Gasteiger charge is -2.23. The molecule has 0 saturated carbocycles. The maximum absolute atomic E-state index is 11.0. The number of hydrogen-bond acceptors (Lipinski definition) is 4. The van der Waals surface area contributed by atoms with Gasteiger partial charge in [0.05, 0.1) is 6.61 Å². The Balaban J connectivity index is 3.93. The van der Waals surface area contributed by atoms with Crippen LogP contribution in [0.3, 0.4) is 0 Å².